The number of epoxide rings is 1. The molecule has 0 spiro atoms. The van der Waals surface area contributed by atoms with Gasteiger partial charge in [0.05, 0.1) is 17.4 Å². The van der Waals surface area contributed by atoms with Gasteiger partial charge in [-0.1, -0.05) is 33.4 Å². The molecule has 2 aliphatic heterocycles. The first kappa shape index (κ1) is 29.6. The van der Waals surface area contributed by atoms with Crippen molar-refractivity contribution in [3.05, 3.63) is 24.3 Å². The number of esters is 4. The number of ether oxygens (including phenoxy) is 5. The molecule has 1 N–H and O–H groups in total. The molecule has 0 aromatic heterocycles. The fourth-order valence-electron chi connectivity index (χ4n) is 6.82. The second kappa shape index (κ2) is 10.5. The Balaban J connectivity index is 1.98. The van der Waals surface area contributed by atoms with Gasteiger partial charge in [0, 0.05) is 37.5 Å². The van der Waals surface area contributed by atoms with Crippen LogP contribution in [0.5, 0.6) is 0 Å². The van der Waals surface area contributed by atoms with Crippen molar-refractivity contribution in [2.45, 2.75) is 102 Å². The summed E-state index contributed by atoms with van der Waals surface area (Å²) >= 11 is 6.75. The lowest BCUT2D eigenvalue weighted by molar-refractivity contribution is -0.222. The molecule has 0 aromatic carbocycles. The summed E-state index contributed by atoms with van der Waals surface area (Å²) in [6, 6.07) is 0. The monoisotopic (exact) mass is 568 g/mol. The third-order valence-electron chi connectivity index (χ3n) is 8.82. The second-order valence-electron chi connectivity index (χ2n) is 11.3. The van der Waals surface area contributed by atoms with E-state index in [0.29, 0.717) is 12.0 Å². The van der Waals surface area contributed by atoms with E-state index < -0.39 is 94.6 Å². The van der Waals surface area contributed by atoms with Crippen molar-refractivity contribution in [2.75, 3.05) is 0 Å². The number of hydrogen-bond donors (Lipinski definition) is 1. The van der Waals surface area contributed by atoms with E-state index >= 15 is 0 Å². The summed E-state index contributed by atoms with van der Waals surface area (Å²) in [6.07, 6.45) is -1.51. The third kappa shape index (κ3) is 4.78. The van der Waals surface area contributed by atoms with Crippen LogP contribution in [0.2, 0.25) is 0 Å². The molecule has 1 unspecified atom stereocenters. The molecule has 1 saturated carbocycles. The van der Waals surface area contributed by atoms with Crippen LogP contribution < -0.4 is 0 Å². The van der Waals surface area contributed by atoms with Crippen molar-refractivity contribution < 1.29 is 48.0 Å². The maximum absolute atomic E-state index is 12.9. The summed E-state index contributed by atoms with van der Waals surface area (Å²) in [7, 11) is 0. The number of fused-ring (bicyclic) bond motifs is 4. The average molecular weight is 569 g/mol. The van der Waals surface area contributed by atoms with Crippen molar-refractivity contribution >= 4 is 35.5 Å². The Bertz CT molecular complexity index is 1090. The van der Waals surface area contributed by atoms with Crippen LogP contribution in [0.15, 0.2) is 24.3 Å². The van der Waals surface area contributed by atoms with Crippen LogP contribution in [0.3, 0.4) is 0 Å². The lowest BCUT2D eigenvalue weighted by Gasteiger charge is -2.54. The molecular formula is C28H37ClO10. The smallest absolute Gasteiger partial charge is 0.312 e. The molecule has 0 radical (unpaired) electrons. The fraction of sp³-hybridized carbons (Fsp3) is 0.714. The van der Waals surface area contributed by atoms with Gasteiger partial charge in [-0.25, -0.2) is 0 Å². The number of halogens is 1. The van der Waals surface area contributed by atoms with Crippen LogP contribution in [0.4, 0.5) is 0 Å². The predicted octanol–water partition coefficient (Wildman–Crippen LogP) is 2.63. The summed E-state index contributed by atoms with van der Waals surface area (Å²) in [6.45, 7) is 13.4. The van der Waals surface area contributed by atoms with Crippen molar-refractivity contribution in [3.8, 4) is 0 Å². The Labute approximate surface area is 233 Å². The summed E-state index contributed by atoms with van der Waals surface area (Å²) in [5, 5.41) is 11.3. The molecule has 4 rings (SSSR count). The number of carbonyl (C=O) groups is 4. The number of alkyl halides is 1. The molecule has 0 bridgehead atoms. The topological polar surface area (TPSA) is 138 Å². The van der Waals surface area contributed by atoms with Crippen LogP contribution in [0.25, 0.3) is 0 Å². The van der Waals surface area contributed by atoms with Gasteiger partial charge < -0.3 is 28.8 Å². The van der Waals surface area contributed by atoms with Crippen LogP contribution in [-0.2, 0) is 42.9 Å². The van der Waals surface area contributed by atoms with Gasteiger partial charge in [-0.2, -0.15) is 0 Å². The molecule has 0 amide bonds. The number of aliphatic hydroxyl groups is 1. The minimum atomic E-state index is -2.11. The molecule has 12 atom stereocenters. The van der Waals surface area contributed by atoms with Gasteiger partial charge in [-0.3, -0.25) is 19.2 Å². The molecule has 3 fully saturated rings. The van der Waals surface area contributed by atoms with Gasteiger partial charge in [0.2, 0.25) is 0 Å². The van der Waals surface area contributed by atoms with E-state index in [4.69, 9.17) is 35.3 Å². The zero-order valence-electron chi connectivity index (χ0n) is 23.0. The van der Waals surface area contributed by atoms with E-state index in [9.17, 15) is 24.3 Å². The van der Waals surface area contributed by atoms with Gasteiger partial charge >= 0.3 is 23.9 Å². The molecule has 10 nitrogen and oxygen atoms in total. The minimum Gasteiger partial charge on any atom is -0.459 e. The Hall–Kier alpha value is -2.43. The zero-order valence-corrected chi connectivity index (χ0v) is 23.8. The van der Waals surface area contributed by atoms with Crippen LogP contribution >= 0.6 is 11.6 Å². The van der Waals surface area contributed by atoms with E-state index in [1.807, 2.05) is 13.8 Å². The van der Waals surface area contributed by atoms with E-state index in [-0.39, 0.29) is 6.42 Å². The maximum Gasteiger partial charge on any atom is 0.312 e. The molecule has 216 valence electrons. The van der Waals surface area contributed by atoms with Crippen molar-refractivity contribution in [1.29, 1.82) is 0 Å². The summed E-state index contributed by atoms with van der Waals surface area (Å²) in [5.41, 5.74) is -2.91. The minimum absolute atomic E-state index is 0.170. The molecule has 2 aliphatic carbocycles. The van der Waals surface area contributed by atoms with Crippen molar-refractivity contribution in [1.82, 2.24) is 0 Å². The van der Waals surface area contributed by atoms with E-state index in [2.05, 4.69) is 6.58 Å². The lowest BCUT2D eigenvalue weighted by Crippen LogP contribution is -2.68. The van der Waals surface area contributed by atoms with Crippen LogP contribution in [-0.4, -0.2) is 76.6 Å². The van der Waals surface area contributed by atoms with Crippen molar-refractivity contribution in [3.63, 3.8) is 0 Å². The maximum atomic E-state index is 12.9. The zero-order chi connectivity index (χ0) is 29.0. The number of carbonyl (C=O) groups excluding carboxylic acids is 4. The highest BCUT2D eigenvalue weighted by molar-refractivity contribution is 6.23. The van der Waals surface area contributed by atoms with Crippen LogP contribution in [0, 0.1) is 23.2 Å². The molecule has 39 heavy (non-hydrogen) atoms. The first-order chi connectivity index (χ1) is 18.2. The molecular weight excluding hydrogens is 532 g/mol. The molecule has 2 saturated heterocycles. The fourth-order valence-corrected chi connectivity index (χ4v) is 7.15. The first-order valence-electron chi connectivity index (χ1n) is 13.3. The van der Waals surface area contributed by atoms with Gasteiger partial charge in [0.25, 0.3) is 0 Å². The Morgan fingerprint density at radius 1 is 1.13 bits per heavy atom. The highest BCUT2D eigenvalue weighted by atomic mass is 35.5. The van der Waals surface area contributed by atoms with Gasteiger partial charge in [-0.05, 0) is 25.0 Å². The molecule has 4 aliphatic rings. The summed E-state index contributed by atoms with van der Waals surface area (Å²) in [5.74, 6) is -4.98. The Morgan fingerprint density at radius 2 is 1.77 bits per heavy atom. The van der Waals surface area contributed by atoms with Gasteiger partial charge in [0.15, 0.2) is 11.7 Å². The normalized spacial score (nSPS) is 45.5. The SMILES string of the molecule is C=C1/C=C\[C@@H](OC(=O)CCC)[C@]2(C)[C@H]([C@@H](C)[C@H](OC(C)=O)[C@@H]3O[C@@H]32)[C@@H](OC(C)=O)[C@@]2(O)C(OC(=O)[C@@H]2C)[C@H]1Cl. The first-order valence-corrected chi connectivity index (χ1v) is 13.8. The summed E-state index contributed by atoms with van der Waals surface area (Å²) < 4.78 is 29.3. The van der Waals surface area contributed by atoms with Gasteiger partial charge in [0.1, 0.15) is 24.4 Å². The number of rotatable bonds is 5. The van der Waals surface area contributed by atoms with Crippen molar-refractivity contribution in [2.24, 2.45) is 23.2 Å². The third-order valence-corrected chi connectivity index (χ3v) is 9.33. The largest absolute Gasteiger partial charge is 0.459 e. The Morgan fingerprint density at radius 3 is 2.36 bits per heavy atom. The quantitative estimate of drug-likeness (QED) is 0.228. The second-order valence-corrected chi connectivity index (χ2v) is 11.8. The van der Waals surface area contributed by atoms with E-state index in [1.165, 1.54) is 20.8 Å². The van der Waals surface area contributed by atoms with Gasteiger partial charge in [-0.15, -0.1) is 11.6 Å². The van der Waals surface area contributed by atoms with E-state index in [0.717, 1.165) is 0 Å². The number of allylic oxidation sites excluding steroid dienone is 1. The lowest BCUT2D eigenvalue weighted by atomic mass is 9.54. The average Bonchev–Trinajstić information content (AvgIpc) is 3.62. The molecule has 2 heterocycles. The summed E-state index contributed by atoms with van der Waals surface area (Å²) in [4.78, 5) is 50.4. The molecule has 0 aromatic rings. The standard InChI is InChI=1S/C28H37ClO10/c1-8-9-18(32)37-17-11-10-12(2)20(29)24-28(34,14(4)26(33)39-24)23(36-16(6)31)19-13(3)21(35-15(5)30)22-25(38-22)27(17,19)7/h10-11,13-14,17,19-25,34H,2,8-9H2,1,3-7H3/b11-10-/t13-,14+,17-,19-,20+,21+,22+,23-,24?,25+,27-,28-/m1/s1. The highest BCUT2D eigenvalue weighted by Crippen LogP contribution is 2.62. The van der Waals surface area contributed by atoms with E-state index in [1.54, 1.807) is 19.1 Å². The predicted molar refractivity (Wildman–Crippen MR) is 137 cm³/mol. The molecule has 11 heteroatoms. The number of hydrogen-bond acceptors (Lipinski definition) is 10. The highest BCUT2D eigenvalue weighted by Gasteiger charge is 2.75. The van der Waals surface area contributed by atoms with Crippen LogP contribution in [0.1, 0.15) is 54.4 Å². The Kier molecular flexibility index (Phi) is 7.97.